The Morgan fingerprint density at radius 3 is 2.46 bits per heavy atom. The molecule has 0 saturated carbocycles. The average Bonchev–Trinajstić information content (AvgIpc) is 2.59. The van der Waals surface area contributed by atoms with E-state index in [1.54, 1.807) is 6.07 Å². The van der Waals surface area contributed by atoms with Crippen LogP contribution in [0.5, 0.6) is 0 Å². The summed E-state index contributed by atoms with van der Waals surface area (Å²) < 4.78 is 32.1. The fourth-order valence-corrected chi connectivity index (χ4v) is 3.14. The normalized spacial score (nSPS) is 10.8. The molecule has 0 unspecified atom stereocenters. The van der Waals surface area contributed by atoms with Crippen molar-refractivity contribution in [2.45, 2.75) is 11.5 Å². The van der Waals surface area contributed by atoms with Gasteiger partial charge in [-0.3, -0.25) is 4.79 Å². The number of nitrogens with zero attached hydrogens (tertiary/aromatic N) is 1. The lowest BCUT2D eigenvalue weighted by Gasteiger charge is -2.08. The molecule has 0 bridgehead atoms. The summed E-state index contributed by atoms with van der Waals surface area (Å²) in [5.41, 5.74) is 1.13. The molecule has 0 aromatic heterocycles. The van der Waals surface area contributed by atoms with E-state index < -0.39 is 22.5 Å². The smallest absolute Gasteiger partial charge is 0.321 e. The number of carbonyl (C=O) groups is 1. The van der Waals surface area contributed by atoms with Crippen LogP contribution in [0.4, 0.5) is 0 Å². The Morgan fingerprint density at radius 2 is 1.83 bits per heavy atom. The van der Waals surface area contributed by atoms with Crippen molar-refractivity contribution in [3.63, 3.8) is 0 Å². The quantitative estimate of drug-likeness (QED) is 0.739. The highest BCUT2D eigenvalue weighted by Gasteiger charge is 2.16. The molecule has 0 atom stereocenters. The Kier molecular flexibility index (Phi) is 6.09. The monoisotopic (exact) mass is 408 g/mol. The Hall–Kier alpha value is -2.21. The predicted molar refractivity (Wildman–Crippen MR) is 90.3 cm³/mol. The molecule has 0 saturated heterocycles. The molecule has 8 heteroatoms. The van der Waals surface area contributed by atoms with E-state index in [1.807, 2.05) is 24.3 Å². The first-order valence-corrected chi connectivity index (χ1v) is 9.09. The number of hydrogen-bond donors (Lipinski definition) is 1. The van der Waals surface area contributed by atoms with Gasteiger partial charge in [-0.25, -0.2) is 8.42 Å². The second-order valence-electron chi connectivity index (χ2n) is 4.71. The number of benzene rings is 2. The molecule has 0 radical (unpaired) electrons. The van der Waals surface area contributed by atoms with E-state index in [9.17, 15) is 13.2 Å². The number of nitriles is 1. The first kappa shape index (κ1) is 18.1. The summed E-state index contributed by atoms with van der Waals surface area (Å²) in [4.78, 5) is 11.7. The van der Waals surface area contributed by atoms with Crippen LogP contribution < -0.4 is 4.72 Å². The number of nitrogens with one attached hydrogen (secondary N) is 1. The zero-order valence-electron chi connectivity index (χ0n) is 12.4. The first-order chi connectivity index (χ1) is 11.4. The van der Waals surface area contributed by atoms with Crippen molar-refractivity contribution in [2.24, 2.45) is 0 Å². The van der Waals surface area contributed by atoms with Gasteiger partial charge in [-0.1, -0.05) is 34.1 Å². The van der Waals surface area contributed by atoms with Crippen LogP contribution in [0.2, 0.25) is 0 Å². The summed E-state index contributed by atoms with van der Waals surface area (Å²) in [5, 5.41) is 8.70. The SMILES string of the molecule is N#Cc1ccc(S(=O)(=O)NCC(=O)OCc2ccccc2Br)cc1. The van der Waals surface area contributed by atoms with Crippen molar-refractivity contribution in [3.05, 3.63) is 64.1 Å². The van der Waals surface area contributed by atoms with Crippen molar-refractivity contribution in [3.8, 4) is 6.07 Å². The van der Waals surface area contributed by atoms with Crippen LogP contribution in [-0.4, -0.2) is 20.9 Å². The minimum atomic E-state index is -3.84. The highest BCUT2D eigenvalue weighted by atomic mass is 79.9. The molecule has 1 N–H and O–H groups in total. The lowest BCUT2D eigenvalue weighted by molar-refractivity contribution is -0.143. The molecule has 2 rings (SSSR count). The van der Waals surface area contributed by atoms with E-state index in [2.05, 4.69) is 20.7 Å². The van der Waals surface area contributed by atoms with Crippen LogP contribution in [0.15, 0.2) is 57.9 Å². The lowest BCUT2D eigenvalue weighted by atomic mass is 10.2. The second kappa shape index (κ2) is 8.06. The molecule has 124 valence electrons. The Balaban J connectivity index is 1.90. The van der Waals surface area contributed by atoms with Crippen LogP contribution in [-0.2, 0) is 26.2 Å². The summed E-state index contributed by atoms with van der Waals surface area (Å²) in [6, 6.07) is 14.5. The van der Waals surface area contributed by atoms with Gasteiger partial charge in [-0.05, 0) is 30.3 Å². The molecule has 0 heterocycles. The largest absolute Gasteiger partial charge is 0.460 e. The van der Waals surface area contributed by atoms with E-state index in [4.69, 9.17) is 10.00 Å². The highest BCUT2D eigenvalue weighted by molar-refractivity contribution is 9.10. The van der Waals surface area contributed by atoms with Crippen LogP contribution >= 0.6 is 15.9 Å². The Bertz CT molecular complexity index is 874. The molecule has 24 heavy (non-hydrogen) atoms. The zero-order valence-corrected chi connectivity index (χ0v) is 14.8. The number of sulfonamides is 1. The summed E-state index contributed by atoms with van der Waals surface area (Å²) in [7, 11) is -3.84. The third-order valence-corrected chi connectivity index (χ3v) is 5.24. The van der Waals surface area contributed by atoms with Crippen molar-refractivity contribution in [1.29, 1.82) is 5.26 Å². The molecule has 2 aromatic carbocycles. The van der Waals surface area contributed by atoms with Crippen LogP contribution in [0, 0.1) is 11.3 Å². The topological polar surface area (TPSA) is 96.3 Å². The van der Waals surface area contributed by atoms with Gasteiger partial charge >= 0.3 is 5.97 Å². The summed E-state index contributed by atoms with van der Waals surface area (Å²) >= 11 is 3.33. The molecule has 2 aromatic rings. The maximum absolute atomic E-state index is 12.1. The molecule has 0 amide bonds. The maximum atomic E-state index is 12.1. The molecule has 0 fully saturated rings. The summed E-state index contributed by atoms with van der Waals surface area (Å²) in [6.07, 6.45) is 0. The third kappa shape index (κ3) is 4.89. The van der Waals surface area contributed by atoms with Gasteiger partial charge in [0.1, 0.15) is 13.2 Å². The summed E-state index contributed by atoms with van der Waals surface area (Å²) in [5.74, 6) is -0.692. The molecule has 0 aliphatic heterocycles. The van der Waals surface area contributed by atoms with Crippen molar-refractivity contribution in [1.82, 2.24) is 4.72 Å². The van der Waals surface area contributed by atoms with Crippen molar-refractivity contribution >= 4 is 31.9 Å². The van der Waals surface area contributed by atoms with Gasteiger partial charge in [0, 0.05) is 10.0 Å². The predicted octanol–water partition coefficient (Wildman–Crippen LogP) is 2.34. The van der Waals surface area contributed by atoms with Crippen molar-refractivity contribution < 1.29 is 17.9 Å². The fraction of sp³-hybridized carbons (Fsp3) is 0.125. The Morgan fingerprint density at radius 1 is 1.17 bits per heavy atom. The van der Waals surface area contributed by atoms with E-state index in [0.29, 0.717) is 5.56 Å². The molecule has 0 aliphatic carbocycles. The molecule has 6 nitrogen and oxygen atoms in total. The van der Waals surface area contributed by atoms with Gasteiger partial charge in [0.25, 0.3) is 0 Å². The van der Waals surface area contributed by atoms with E-state index in [0.717, 1.165) is 10.0 Å². The molecular formula is C16H13BrN2O4S. The van der Waals surface area contributed by atoms with Gasteiger partial charge in [0.15, 0.2) is 0 Å². The fourth-order valence-electron chi connectivity index (χ4n) is 1.77. The lowest BCUT2D eigenvalue weighted by Crippen LogP contribution is -2.30. The number of rotatable bonds is 6. The number of esters is 1. The van der Waals surface area contributed by atoms with Crippen molar-refractivity contribution in [2.75, 3.05) is 6.54 Å². The second-order valence-corrected chi connectivity index (χ2v) is 7.33. The van der Waals surface area contributed by atoms with Crippen LogP contribution in [0.25, 0.3) is 0 Å². The minimum absolute atomic E-state index is 0.0277. The number of halogens is 1. The van der Waals surface area contributed by atoms with Gasteiger partial charge in [-0.15, -0.1) is 0 Å². The standard InChI is InChI=1S/C16H13BrN2O4S/c17-15-4-2-1-3-13(15)11-23-16(20)10-19-24(21,22)14-7-5-12(9-18)6-8-14/h1-8,19H,10-11H2. The van der Waals surface area contributed by atoms with Gasteiger partial charge in [-0.2, -0.15) is 9.98 Å². The van der Waals surface area contributed by atoms with Gasteiger partial charge in [0.2, 0.25) is 10.0 Å². The zero-order chi connectivity index (χ0) is 17.6. The first-order valence-electron chi connectivity index (χ1n) is 6.81. The van der Waals surface area contributed by atoms with E-state index in [-0.39, 0.29) is 11.5 Å². The highest BCUT2D eigenvalue weighted by Crippen LogP contribution is 2.16. The van der Waals surface area contributed by atoms with Crippen LogP contribution in [0.1, 0.15) is 11.1 Å². The number of ether oxygens (including phenoxy) is 1. The Labute approximate surface area is 148 Å². The molecule has 0 aliphatic rings. The van der Waals surface area contributed by atoms with Gasteiger partial charge in [0.05, 0.1) is 16.5 Å². The minimum Gasteiger partial charge on any atom is -0.460 e. The number of hydrogen-bond acceptors (Lipinski definition) is 5. The molecule has 0 spiro atoms. The van der Waals surface area contributed by atoms with E-state index >= 15 is 0 Å². The number of carbonyl (C=O) groups excluding carboxylic acids is 1. The summed E-state index contributed by atoms with van der Waals surface area (Å²) in [6.45, 7) is -0.439. The van der Waals surface area contributed by atoms with Gasteiger partial charge < -0.3 is 4.74 Å². The van der Waals surface area contributed by atoms with Crippen LogP contribution in [0.3, 0.4) is 0 Å². The molecular weight excluding hydrogens is 396 g/mol. The third-order valence-electron chi connectivity index (χ3n) is 3.05. The average molecular weight is 409 g/mol. The maximum Gasteiger partial charge on any atom is 0.321 e. The van der Waals surface area contributed by atoms with E-state index in [1.165, 1.54) is 24.3 Å².